The Morgan fingerprint density at radius 2 is 1.60 bits per heavy atom. The summed E-state index contributed by atoms with van der Waals surface area (Å²) >= 11 is 1.03. The van der Waals surface area contributed by atoms with Crippen LogP contribution >= 0.6 is 11.8 Å². The summed E-state index contributed by atoms with van der Waals surface area (Å²) in [5.41, 5.74) is 3.42. The molecule has 1 aromatic heterocycles. The number of carbonyl (C=O) groups excluding carboxylic acids is 3. The second kappa shape index (κ2) is 11.9. The minimum Gasteiger partial charge on any atom is -0.486 e. The number of ether oxygens (including phenoxy) is 2. The highest BCUT2D eigenvalue weighted by atomic mass is 32.2. The fourth-order valence-corrected chi connectivity index (χ4v) is 9.29. The van der Waals surface area contributed by atoms with E-state index in [0.717, 1.165) is 76.9 Å². The zero-order valence-corrected chi connectivity index (χ0v) is 27.0. The van der Waals surface area contributed by atoms with Gasteiger partial charge in [0.1, 0.15) is 29.7 Å². The fourth-order valence-electron chi connectivity index (χ4n) is 8.43. The van der Waals surface area contributed by atoms with Crippen molar-refractivity contribution in [3.8, 4) is 17.2 Å². The van der Waals surface area contributed by atoms with Gasteiger partial charge in [-0.25, -0.2) is 9.78 Å². The normalized spacial score (nSPS) is 26.0. The Morgan fingerprint density at radius 1 is 0.936 bits per heavy atom. The summed E-state index contributed by atoms with van der Waals surface area (Å²) in [4.78, 5) is 41.0. The van der Waals surface area contributed by atoms with Crippen molar-refractivity contribution < 1.29 is 23.9 Å². The molecule has 5 aliphatic rings. The summed E-state index contributed by atoms with van der Waals surface area (Å²) in [6.45, 7) is 0.279. The topological polar surface area (TPSA) is 124 Å². The van der Waals surface area contributed by atoms with Crippen molar-refractivity contribution in [1.29, 1.82) is 0 Å². The maximum atomic E-state index is 13.0. The number of fused-ring (bicyclic) bond motifs is 1. The number of imidazole rings is 1. The van der Waals surface area contributed by atoms with E-state index in [1.54, 1.807) is 0 Å². The predicted octanol–water partition coefficient (Wildman–Crippen LogP) is 6.93. The van der Waals surface area contributed by atoms with E-state index in [2.05, 4.69) is 16.0 Å². The third kappa shape index (κ3) is 6.28. The summed E-state index contributed by atoms with van der Waals surface area (Å²) < 4.78 is 14.2. The quantitative estimate of drug-likeness (QED) is 0.179. The van der Waals surface area contributed by atoms with Gasteiger partial charge in [-0.05, 0) is 117 Å². The number of thioether (sulfide) groups is 1. The lowest BCUT2D eigenvalue weighted by Gasteiger charge is -2.56. The van der Waals surface area contributed by atoms with Crippen molar-refractivity contribution in [1.82, 2.24) is 20.2 Å². The summed E-state index contributed by atoms with van der Waals surface area (Å²) in [5.74, 6) is 4.90. The zero-order chi connectivity index (χ0) is 32.1. The first kappa shape index (κ1) is 29.9. The summed E-state index contributed by atoms with van der Waals surface area (Å²) in [7, 11) is 1.95. The van der Waals surface area contributed by atoms with Crippen molar-refractivity contribution >= 4 is 45.7 Å². The lowest BCUT2D eigenvalue weighted by Crippen LogP contribution is -2.60. The van der Waals surface area contributed by atoms with Gasteiger partial charge in [0.25, 0.3) is 5.24 Å². The van der Waals surface area contributed by atoms with Gasteiger partial charge in [-0.3, -0.25) is 14.9 Å². The molecular weight excluding hydrogens is 614 g/mol. The number of benzene rings is 3. The van der Waals surface area contributed by atoms with Crippen LogP contribution in [0, 0.1) is 17.8 Å². The molecule has 1 aliphatic heterocycles. The minimum atomic E-state index is -0.395. The molecule has 4 amide bonds. The lowest BCUT2D eigenvalue weighted by molar-refractivity contribution is -0.118. The van der Waals surface area contributed by atoms with Crippen LogP contribution in [0.25, 0.3) is 11.0 Å². The van der Waals surface area contributed by atoms with Crippen LogP contribution in [-0.2, 0) is 24.9 Å². The van der Waals surface area contributed by atoms with E-state index in [0.29, 0.717) is 23.7 Å². The molecule has 1 atom stereocenters. The summed E-state index contributed by atoms with van der Waals surface area (Å²) in [6, 6.07) is 20.6. The zero-order valence-electron chi connectivity index (χ0n) is 26.2. The average Bonchev–Trinajstić information content (AvgIpc) is 3.52. The van der Waals surface area contributed by atoms with E-state index in [1.165, 1.54) is 19.3 Å². The van der Waals surface area contributed by atoms with Crippen molar-refractivity contribution in [3.05, 3.63) is 78.1 Å². The van der Waals surface area contributed by atoms with E-state index < -0.39 is 5.25 Å². The third-order valence-electron chi connectivity index (χ3n) is 10.2. The maximum absolute atomic E-state index is 13.0. The SMILES string of the molecule is Cn1c(COc2ccc(CC3SC(=O)NC3=O)cc2)nc2ccc(Oc3ccc(NC(=O)NC45CC6CC(CC(C6)C4)C5)cc3)cc21. The molecule has 11 heteroatoms. The van der Waals surface area contributed by atoms with Crippen LogP contribution < -0.4 is 25.4 Å². The molecule has 4 saturated carbocycles. The van der Waals surface area contributed by atoms with Gasteiger partial charge in [-0.2, -0.15) is 0 Å². The van der Waals surface area contributed by atoms with Crippen LogP contribution in [0.3, 0.4) is 0 Å². The maximum Gasteiger partial charge on any atom is 0.319 e. The van der Waals surface area contributed by atoms with Gasteiger partial charge in [-0.1, -0.05) is 23.9 Å². The number of aromatic nitrogens is 2. The lowest BCUT2D eigenvalue weighted by atomic mass is 9.53. The molecular formula is C36H37N5O5S. The molecule has 4 bridgehead atoms. The molecule has 5 fully saturated rings. The molecule has 10 nitrogen and oxygen atoms in total. The first-order valence-corrected chi connectivity index (χ1v) is 17.2. The van der Waals surface area contributed by atoms with Crippen molar-refractivity contribution in [2.75, 3.05) is 5.32 Å². The molecule has 3 aromatic carbocycles. The van der Waals surface area contributed by atoms with E-state index in [-0.39, 0.29) is 29.3 Å². The van der Waals surface area contributed by atoms with Gasteiger partial charge < -0.3 is 24.7 Å². The Kier molecular flexibility index (Phi) is 7.58. The first-order chi connectivity index (χ1) is 22.8. The Hall–Kier alpha value is -4.51. The number of hydrogen-bond donors (Lipinski definition) is 3. The van der Waals surface area contributed by atoms with Crippen LogP contribution in [0.2, 0.25) is 0 Å². The van der Waals surface area contributed by atoms with Gasteiger partial charge in [0.15, 0.2) is 0 Å². The van der Waals surface area contributed by atoms with Crippen molar-refractivity contribution in [2.24, 2.45) is 24.8 Å². The fraction of sp³-hybridized carbons (Fsp3) is 0.389. The Morgan fingerprint density at radius 3 is 2.26 bits per heavy atom. The van der Waals surface area contributed by atoms with Crippen LogP contribution in [0.5, 0.6) is 17.2 Å². The number of nitrogens with zero attached hydrogens (tertiary/aromatic N) is 2. The van der Waals surface area contributed by atoms with Crippen LogP contribution in [0.15, 0.2) is 66.7 Å². The number of rotatable bonds is 9. The van der Waals surface area contributed by atoms with Gasteiger partial charge >= 0.3 is 6.03 Å². The largest absolute Gasteiger partial charge is 0.486 e. The highest BCUT2D eigenvalue weighted by molar-refractivity contribution is 8.15. The van der Waals surface area contributed by atoms with E-state index in [4.69, 9.17) is 14.5 Å². The first-order valence-electron chi connectivity index (χ1n) is 16.3. The Labute approximate surface area is 277 Å². The number of carbonyl (C=O) groups is 3. The van der Waals surface area contributed by atoms with E-state index >= 15 is 0 Å². The molecule has 1 saturated heterocycles. The smallest absolute Gasteiger partial charge is 0.319 e. The number of anilines is 1. The van der Waals surface area contributed by atoms with Gasteiger partial charge in [-0.15, -0.1) is 0 Å². The van der Waals surface area contributed by atoms with Crippen LogP contribution in [-0.4, -0.2) is 37.5 Å². The molecule has 9 rings (SSSR count). The highest BCUT2D eigenvalue weighted by Gasteiger charge is 2.51. The third-order valence-corrected chi connectivity index (χ3v) is 11.2. The van der Waals surface area contributed by atoms with E-state index in [1.807, 2.05) is 78.3 Å². The highest BCUT2D eigenvalue weighted by Crippen LogP contribution is 2.55. The van der Waals surface area contributed by atoms with Gasteiger partial charge in [0, 0.05) is 24.3 Å². The number of amides is 4. The molecule has 3 N–H and O–H groups in total. The molecule has 47 heavy (non-hydrogen) atoms. The monoisotopic (exact) mass is 651 g/mol. The molecule has 0 radical (unpaired) electrons. The van der Waals surface area contributed by atoms with Crippen molar-refractivity contribution in [2.45, 2.75) is 62.3 Å². The summed E-state index contributed by atoms with van der Waals surface area (Å²) in [6.07, 6.45) is 7.89. The van der Waals surface area contributed by atoms with Crippen LogP contribution in [0.4, 0.5) is 15.3 Å². The Balaban J connectivity index is 0.857. The molecule has 1 unspecified atom stereocenters. The van der Waals surface area contributed by atoms with Gasteiger partial charge in [0.05, 0.1) is 16.3 Å². The minimum absolute atomic E-state index is 0.0240. The standard InChI is InChI=1S/C36H37N5O5S/c1-41-30-16-28(10-11-29(30)38-32(41)20-45-26-6-2-21(3-7-26)15-31-33(42)39-35(44)47-31)46-27-8-4-25(5-9-27)37-34(43)40-36-17-22-12-23(18-36)14-24(13-22)19-36/h2-11,16,22-24,31H,12-15,17-20H2,1H3,(H2,37,40,43)(H,39,42,44). The molecule has 4 aliphatic carbocycles. The predicted molar refractivity (Wildman–Crippen MR) is 180 cm³/mol. The Bertz CT molecular complexity index is 1820. The number of aryl methyl sites for hydroxylation is 1. The average molecular weight is 652 g/mol. The molecule has 0 spiro atoms. The van der Waals surface area contributed by atoms with E-state index in [9.17, 15) is 14.4 Å². The number of hydrogen-bond acceptors (Lipinski definition) is 7. The molecule has 4 aromatic rings. The second-order valence-electron chi connectivity index (χ2n) is 13.7. The summed E-state index contributed by atoms with van der Waals surface area (Å²) in [5, 5.41) is 8.03. The van der Waals surface area contributed by atoms with Crippen molar-refractivity contribution in [3.63, 3.8) is 0 Å². The van der Waals surface area contributed by atoms with Gasteiger partial charge in [0.2, 0.25) is 5.91 Å². The van der Waals surface area contributed by atoms with Crippen LogP contribution in [0.1, 0.15) is 49.9 Å². The number of nitrogens with one attached hydrogen (secondary N) is 3. The second-order valence-corrected chi connectivity index (χ2v) is 14.8. The molecule has 2 heterocycles. The number of urea groups is 1. The number of imide groups is 1. The molecule has 242 valence electrons.